The van der Waals surface area contributed by atoms with E-state index in [2.05, 4.69) is 9.97 Å². The van der Waals surface area contributed by atoms with Crippen LogP contribution < -0.4 is 17.0 Å². The minimum absolute atomic E-state index is 0.0219. The van der Waals surface area contributed by atoms with Crippen LogP contribution in [0.5, 0.6) is 0 Å². The van der Waals surface area contributed by atoms with E-state index >= 15 is 0 Å². The van der Waals surface area contributed by atoms with Crippen molar-refractivity contribution in [1.29, 1.82) is 0 Å². The van der Waals surface area contributed by atoms with Crippen LogP contribution in [0.4, 0.5) is 11.5 Å². The van der Waals surface area contributed by atoms with Crippen LogP contribution in [0.1, 0.15) is 0 Å². The Morgan fingerprint density at radius 3 is 2.38 bits per heavy atom. The van der Waals surface area contributed by atoms with Crippen molar-refractivity contribution in [2.75, 3.05) is 11.5 Å². The average molecular weight is 237 g/mol. The summed E-state index contributed by atoms with van der Waals surface area (Å²) in [5.41, 5.74) is 11.1. The van der Waals surface area contributed by atoms with Crippen molar-refractivity contribution >= 4 is 23.1 Å². The Labute approximate surface area is 96.1 Å². The van der Waals surface area contributed by atoms with Gasteiger partial charge in [-0.3, -0.25) is 4.79 Å². The molecule has 0 saturated heterocycles. The highest BCUT2D eigenvalue weighted by Crippen LogP contribution is 2.18. The van der Waals surface area contributed by atoms with Crippen LogP contribution in [0.25, 0.3) is 11.4 Å². The number of aromatic nitrogens is 2. The van der Waals surface area contributed by atoms with Gasteiger partial charge in [0.1, 0.15) is 11.5 Å². The molecule has 82 valence electrons. The van der Waals surface area contributed by atoms with Crippen molar-refractivity contribution in [3.8, 4) is 11.4 Å². The number of H-pyrrole nitrogens is 1. The van der Waals surface area contributed by atoms with E-state index in [1.54, 1.807) is 24.3 Å². The first-order valence-electron chi connectivity index (χ1n) is 4.49. The van der Waals surface area contributed by atoms with Gasteiger partial charge >= 0.3 is 0 Å². The van der Waals surface area contributed by atoms with Crippen LogP contribution in [0.15, 0.2) is 29.1 Å². The summed E-state index contributed by atoms with van der Waals surface area (Å²) in [6.45, 7) is 0. The van der Waals surface area contributed by atoms with Gasteiger partial charge in [-0.2, -0.15) is 0 Å². The van der Waals surface area contributed by atoms with E-state index in [4.69, 9.17) is 23.1 Å². The van der Waals surface area contributed by atoms with E-state index in [9.17, 15) is 4.79 Å². The number of nitrogens with one attached hydrogen (secondary N) is 1. The molecule has 1 heterocycles. The summed E-state index contributed by atoms with van der Waals surface area (Å²) in [6.07, 6.45) is 0. The van der Waals surface area contributed by atoms with Gasteiger partial charge < -0.3 is 16.5 Å². The van der Waals surface area contributed by atoms with Crippen molar-refractivity contribution < 1.29 is 0 Å². The monoisotopic (exact) mass is 236 g/mol. The normalized spacial score (nSPS) is 10.3. The van der Waals surface area contributed by atoms with Crippen molar-refractivity contribution in [2.24, 2.45) is 0 Å². The first-order chi connectivity index (χ1) is 7.58. The lowest BCUT2D eigenvalue weighted by atomic mass is 10.2. The Bertz CT molecular complexity index is 576. The smallest absolute Gasteiger partial charge is 0.276 e. The van der Waals surface area contributed by atoms with Crippen LogP contribution in [-0.2, 0) is 0 Å². The van der Waals surface area contributed by atoms with Gasteiger partial charge in [0.05, 0.1) is 0 Å². The second kappa shape index (κ2) is 3.86. The number of anilines is 2. The number of hydrogen-bond donors (Lipinski definition) is 3. The molecule has 0 saturated carbocycles. The fourth-order valence-electron chi connectivity index (χ4n) is 1.24. The van der Waals surface area contributed by atoms with Gasteiger partial charge in [0, 0.05) is 10.6 Å². The third-order valence-corrected chi connectivity index (χ3v) is 2.35. The summed E-state index contributed by atoms with van der Waals surface area (Å²) in [6, 6.07) is 6.86. The standard InChI is InChI=1S/C10H9ClN4O/c11-6-3-1-5(2-4-6)9-14-8(13)7(12)10(16)15-9/h1-4H,12H2,(H3,13,14,15,16). The maximum absolute atomic E-state index is 11.4. The molecule has 0 spiro atoms. The molecule has 1 aromatic heterocycles. The molecule has 0 aliphatic rings. The van der Waals surface area contributed by atoms with Crippen molar-refractivity contribution in [3.63, 3.8) is 0 Å². The second-order valence-electron chi connectivity index (χ2n) is 3.22. The number of hydrogen-bond acceptors (Lipinski definition) is 4. The summed E-state index contributed by atoms with van der Waals surface area (Å²) in [4.78, 5) is 17.9. The molecule has 0 aliphatic heterocycles. The third-order valence-electron chi connectivity index (χ3n) is 2.10. The van der Waals surface area contributed by atoms with Crippen molar-refractivity contribution in [3.05, 3.63) is 39.6 Å². The van der Waals surface area contributed by atoms with E-state index in [0.717, 1.165) is 0 Å². The van der Waals surface area contributed by atoms with E-state index in [1.165, 1.54) is 0 Å². The highest BCUT2D eigenvalue weighted by atomic mass is 35.5. The lowest BCUT2D eigenvalue weighted by Gasteiger charge is -2.03. The molecule has 0 unspecified atom stereocenters. The number of nitrogens with zero attached hydrogens (tertiary/aromatic N) is 1. The zero-order chi connectivity index (χ0) is 11.7. The molecule has 0 aliphatic carbocycles. The molecular formula is C10H9ClN4O. The van der Waals surface area contributed by atoms with Gasteiger partial charge in [-0.25, -0.2) is 4.98 Å². The molecule has 0 bridgehead atoms. The van der Waals surface area contributed by atoms with Crippen LogP contribution in [-0.4, -0.2) is 9.97 Å². The topological polar surface area (TPSA) is 97.8 Å². The van der Waals surface area contributed by atoms with Crippen LogP contribution in [0, 0.1) is 0 Å². The number of nitrogens with two attached hydrogens (primary N) is 2. The lowest BCUT2D eigenvalue weighted by molar-refractivity contribution is 1.14. The zero-order valence-electron chi connectivity index (χ0n) is 8.20. The molecular weight excluding hydrogens is 228 g/mol. The highest BCUT2D eigenvalue weighted by Gasteiger charge is 2.06. The van der Waals surface area contributed by atoms with Gasteiger partial charge in [0.25, 0.3) is 5.56 Å². The molecule has 2 rings (SSSR count). The van der Waals surface area contributed by atoms with E-state index in [0.29, 0.717) is 16.4 Å². The Morgan fingerprint density at radius 1 is 1.19 bits per heavy atom. The predicted octanol–water partition coefficient (Wildman–Crippen LogP) is 1.25. The lowest BCUT2D eigenvalue weighted by Crippen LogP contribution is -2.16. The minimum Gasteiger partial charge on any atom is -0.391 e. The van der Waals surface area contributed by atoms with Gasteiger partial charge in [-0.05, 0) is 24.3 Å². The zero-order valence-corrected chi connectivity index (χ0v) is 8.95. The summed E-state index contributed by atoms with van der Waals surface area (Å²) in [7, 11) is 0. The quantitative estimate of drug-likeness (QED) is 0.694. The Kier molecular flexibility index (Phi) is 2.54. The minimum atomic E-state index is -0.447. The van der Waals surface area contributed by atoms with Crippen LogP contribution >= 0.6 is 11.6 Å². The van der Waals surface area contributed by atoms with Crippen molar-refractivity contribution in [1.82, 2.24) is 9.97 Å². The average Bonchev–Trinajstić information content (AvgIpc) is 2.26. The van der Waals surface area contributed by atoms with E-state index < -0.39 is 5.56 Å². The van der Waals surface area contributed by atoms with Crippen LogP contribution in [0.2, 0.25) is 5.02 Å². The molecule has 2 aromatic rings. The first kappa shape index (κ1) is 10.5. The fourth-order valence-corrected chi connectivity index (χ4v) is 1.37. The van der Waals surface area contributed by atoms with Crippen molar-refractivity contribution in [2.45, 2.75) is 0 Å². The van der Waals surface area contributed by atoms with E-state index in [1.807, 2.05) is 0 Å². The second-order valence-corrected chi connectivity index (χ2v) is 3.66. The van der Waals surface area contributed by atoms with Crippen LogP contribution in [0.3, 0.4) is 0 Å². The number of rotatable bonds is 1. The van der Waals surface area contributed by atoms with Gasteiger partial charge in [0.2, 0.25) is 0 Å². The predicted molar refractivity (Wildman–Crippen MR) is 64.1 cm³/mol. The highest BCUT2D eigenvalue weighted by molar-refractivity contribution is 6.30. The molecule has 6 heteroatoms. The maximum atomic E-state index is 11.4. The Hall–Kier alpha value is -2.01. The van der Waals surface area contributed by atoms with Gasteiger partial charge in [0.15, 0.2) is 5.82 Å². The summed E-state index contributed by atoms with van der Waals surface area (Å²) in [5.74, 6) is 0.391. The fraction of sp³-hybridized carbons (Fsp3) is 0. The number of nitrogen functional groups attached to an aromatic ring is 2. The number of benzene rings is 1. The summed E-state index contributed by atoms with van der Waals surface area (Å²) in [5, 5.41) is 0.606. The summed E-state index contributed by atoms with van der Waals surface area (Å²) < 4.78 is 0. The summed E-state index contributed by atoms with van der Waals surface area (Å²) >= 11 is 5.75. The molecule has 0 radical (unpaired) electrons. The maximum Gasteiger partial charge on any atom is 0.276 e. The largest absolute Gasteiger partial charge is 0.391 e. The molecule has 5 N–H and O–H groups in total. The molecule has 0 amide bonds. The SMILES string of the molecule is Nc1nc(-c2ccc(Cl)cc2)[nH]c(=O)c1N. The molecule has 0 fully saturated rings. The third kappa shape index (κ3) is 1.85. The van der Waals surface area contributed by atoms with E-state index in [-0.39, 0.29) is 11.5 Å². The van der Waals surface area contributed by atoms with Gasteiger partial charge in [-0.15, -0.1) is 0 Å². The van der Waals surface area contributed by atoms with Gasteiger partial charge in [-0.1, -0.05) is 11.6 Å². The molecule has 16 heavy (non-hydrogen) atoms. The Morgan fingerprint density at radius 2 is 1.81 bits per heavy atom. The number of aromatic amines is 1. The number of halogens is 1. The molecule has 1 aromatic carbocycles. The molecule has 5 nitrogen and oxygen atoms in total. The molecule has 0 atom stereocenters. The Balaban J connectivity index is 2.57. The first-order valence-corrected chi connectivity index (χ1v) is 4.87.